The summed E-state index contributed by atoms with van der Waals surface area (Å²) in [6.07, 6.45) is 0.698. The second kappa shape index (κ2) is 6.78. The van der Waals surface area contributed by atoms with E-state index in [1.54, 1.807) is 0 Å². The first-order valence-electron chi connectivity index (χ1n) is 6.84. The van der Waals surface area contributed by atoms with Crippen molar-refractivity contribution >= 4 is 11.6 Å². The number of halogens is 1. The van der Waals surface area contributed by atoms with Crippen LogP contribution in [0.3, 0.4) is 0 Å². The fraction of sp³-hybridized carbons (Fsp3) is 0.294. The van der Waals surface area contributed by atoms with E-state index in [0.717, 1.165) is 21.9 Å². The highest BCUT2D eigenvalue weighted by Crippen LogP contribution is 2.29. The van der Waals surface area contributed by atoms with E-state index in [1.165, 1.54) is 5.56 Å². The van der Waals surface area contributed by atoms with Gasteiger partial charge in [0, 0.05) is 16.6 Å². The molecule has 3 heteroatoms. The molecule has 0 aliphatic carbocycles. The van der Waals surface area contributed by atoms with Crippen LogP contribution in [-0.2, 0) is 6.42 Å². The van der Waals surface area contributed by atoms with Crippen LogP contribution in [0.4, 0.5) is 0 Å². The molecule has 2 rings (SSSR count). The second-order valence-electron chi connectivity index (χ2n) is 4.88. The Morgan fingerprint density at radius 2 is 1.95 bits per heavy atom. The number of rotatable bonds is 5. The third kappa shape index (κ3) is 3.53. The van der Waals surface area contributed by atoms with Crippen LogP contribution in [0.15, 0.2) is 42.5 Å². The van der Waals surface area contributed by atoms with Gasteiger partial charge in [0.2, 0.25) is 0 Å². The molecule has 20 heavy (non-hydrogen) atoms. The van der Waals surface area contributed by atoms with E-state index in [-0.39, 0.29) is 6.04 Å². The van der Waals surface area contributed by atoms with E-state index < -0.39 is 0 Å². The first-order chi connectivity index (χ1) is 9.61. The molecule has 0 saturated carbocycles. The predicted octanol–water partition coefficient (Wildman–Crippen LogP) is 4.29. The van der Waals surface area contributed by atoms with Gasteiger partial charge in [0.25, 0.3) is 0 Å². The van der Waals surface area contributed by atoms with Crippen molar-refractivity contribution in [1.29, 1.82) is 0 Å². The van der Waals surface area contributed by atoms with Crippen LogP contribution in [-0.4, -0.2) is 6.61 Å². The summed E-state index contributed by atoms with van der Waals surface area (Å²) >= 11 is 6.20. The van der Waals surface area contributed by atoms with Gasteiger partial charge < -0.3 is 10.5 Å². The van der Waals surface area contributed by atoms with Crippen molar-refractivity contribution < 1.29 is 4.74 Å². The maximum atomic E-state index is 6.36. The van der Waals surface area contributed by atoms with E-state index in [4.69, 9.17) is 22.1 Å². The summed E-state index contributed by atoms with van der Waals surface area (Å²) < 4.78 is 5.67. The van der Waals surface area contributed by atoms with E-state index in [2.05, 4.69) is 13.0 Å². The Kier molecular flexibility index (Phi) is 5.05. The van der Waals surface area contributed by atoms with Crippen LogP contribution in [0.1, 0.15) is 29.7 Å². The lowest BCUT2D eigenvalue weighted by molar-refractivity contribution is 0.334. The molecule has 1 atom stereocenters. The summed E-state index contributed by atoms with van der Waals surface area (Å²) in [5.41, 5.74) is 9.63. The van der Waals surface area contributed by atoms with Crippen molar-refractivity contribution in [2.75, 3.05) is 6.61 Å². The van der Waals surface area contributed by atoms with E-state index >= 15 is 0 Å². The first-order valence-corrected chi connectivity index (χ1v) is 7.22. The molecule has 0 spiro atoms. The number of nitrogens with two attached hydrogens (primary N) is 1. The first kappa shape index (κ1) is 14.9. The van der Waals surface area contributed by atoms with Crippen LogP contribution in [0.5, 0.6) is 5.75 Å². The lowest BCUT2D eigenvalue weighted by Gasteiger charge is -2.18. The molecule has 2 N–H and O–H groups in total. The molecule has 2 nitrogen and oxygen atoms in total. The molecule has 106 valence electrons. The highest BCUT2D eigenvalue weighted by atomic mass is 35.5. The SMILES string of the molecule is CCOc1ccc(C)cc1C(N)Cc1ccccc1Cl. The molecule has 2 aromatic rings. The fourth-order valence-electron chi connectivity index (χ4n) is 2.26. The second-order valence-corrected chi connectivity index (χ2v) is 5.28. The molecular formula is C17H20ClNO. The molecule has 0 heterocycles. The van der Waals surface area contributed by atoms with Gasteiger partial charge in [-0.15, -0.1) is 0 Å². The molecule has 0 aliphatic heterocycles. The molecule has 0 aliphatic rings. The van der Waals surface area contributed by atoms with Crippen molar-refractivity contribution in [3.8, 4) is 5.75 Å². The van der Waals surface area contributed by atoms with Crippen LogP contribution >= 0.6 is 11.6 Å². The summed E-state index contributed by atoms with van der Waals surface area (Å²) in [6, 6.07) is 13.8. The summed E-state index contributed by atoms with van der Waals surface area (Å²) in [6.45, 7) is 4.67. The summed E-state index contributed by atoms with van der Waals surface area (Å²) in [5.74, 6) is 0.859. The summed E-state index contributed by atoms with van der Waals surface area (Å²) in [7, 11) is 0. The number of benzene rings is 2. The lowest BCUT2D eigenvalue weighted by Crippen LogP contribution is -2.15. The minimum Gasteiger partial charge on any atom is -0.494 e. The maximum absolute atomic E-state index is 6.36. The Morgan fingerprint density at radius 1 is 1.20 bits per heavy atom. The number of hydrogen-bond acceptors (Lipinski definition) is 2. The number of aryl methyl sites for hydroxylation is 1. The molecule has 0 fully saturated rings. The van der Waals surface area contributed by atoms with Crippen molar-refractivity contribution in [2.24, 2.45) is 5.73 Å². The van der Waals surface area contributed by atoms with Crippen LogP contribution in [0.2, 0.25) is 5.02 Å². The number of ether oxygens (including phenoxy) is 1. The molecule has 0 radical (unpaired) electrons. The minimum absolute atomic E-state index is 0.128. The van der Waals surface area contributed by atoms with Crippen molar-refractivity contribution in [3.63, 3.8) is 0 Å². The predicted molar refractivity (Wildman–Crippen MR) is 84.4 cm³/mol. The Hall–Kier alpha value is -1.51. The average molecular weight is 290 g/mol. The summed E-state index contributed by atoms with van der Waals surface area (Å²) in [4.78, 5) is 0. The molecule has 0 saturated heterocycles. The fourth-order valence-corrected chi connectivity index (χ4v) is 2.47. The normalized spacial score (nSPS) is 12.2. The van der Waals surface area contributed by atoms with Crippen molar-refractivity contribution in [2.45, 2.75) is 26.3 Å². The van der Waals surface area contributed by atoms with Crippen LogP contribution in [0, 0.1) is 6.92 Å². The van der Waals surface area contributed by atoms with Crippen molar-refractivity contribution in [3.05, 3.63) is 64.2 Å². The Bertz CT molecular complexity index is 583. The van der Waals surface area contributed by atoms with Gasteiger partial charge in [0.15, 0.2) is 0 Å². The third-order valence-electron chi connectivity index (χ3n) is 3.26. The minimum atomic E-state index is -0.128. The Labute approximate surface area is 125 Å². The highest BCUT2D eigenvalue weighted by Gasteiger charge is 2.14. The zero-order chi connectivity index (χ0) is 14.5. The van der Waals surface area contributed by atoms with E-state index in [0.29, 0.717) is 13.0 Å². The topological polar surface area (TPSA) is 35.2 Å². The van der Waals surface area contributed by atoms with Gasteiger partial charge in [-0.2, -0.15) is 0 Å². The quantitative estimate of drug-likeness (QED) is 0.891. The van der Waals surface area contributed by atoms with Crippen molar-refractivity contribution in [1.82, 2.24) is 0 Å². The molecule has 0 bridgehead atoms. The molecule has 0 amide bonds. The standard InChI is InChI=1S/C17H20ClNO/c1-3-20-17-9-8-12(2)10-14(17)16(19)11-13-6-4-5-7-15(13)18/h4-10,16H,3,11,19H2,1-2H3. The van der Waals surface area contributed by atoms with Gasteiger partial charge in [0.05, 0.1) is 6.61 Å². The highest BCUT2D eigenvalue weighted by molar-refractivity contribution is 6.31. The zero-order valence-corrected chi connectivity index (χ0v) is 12.7. The Balaban J connectivity index is 2.26. The zero-order valence-electron chi connectivity index (χ0n) is 11.9. The molecule has 2 aromatic carbocycles. The van der Waals surface area contributed by atoms with Crippen LogP contribution < -0.4 is 10.5 Å². The maximum Gasteiger partial charge on any atom is 0.124 e. The third-order valence-corrected chi connectivity index (χ3v) is 3.63. The average Bonchev–Trinajstić information content (AvgIpc) is 2.43. The molecular weight excluding hydrogens is 270 g/mol. The van der Waals surface area contributed by atoms with Gasteiger partial charge in [-0.1, -0.05) is 47.5 Å². The van der Waals surface area contributed by atoms with Crippen LogP contribution in [0.25, 0.3) is 0 Å². The van der Waals surface area contributed by atoms with Gasteiger partial charge in [-0.25, -0.2) is 0 Å². The van der Waals surface area contributed by atoms with Gasteiger partial charge in [-0.3, -0.25) is 0 Å². The largest absolute Gasteiger partial charge is 0.494 e. The Morgan fingerprint density at radius 3 is 2.65 bits per heavy atom. The molecule has 1 unspecified atom stereocenters. The number of hydrogen-bond donors (Lipinski definition) is 1. The van der Waals surface area contributed by atoms with E-state index in [1.807, 2.05) is 43.3 Å². The molecule has 0 aromatic heterocycles. The smallest absolute Gasteiger partial charge is 0.124 e. The van der Waals surface area contributed by atoms with Gasteiger partial charge >= 0.3 is 0 Å². The van der Waals surface area contributed by atoms with Gasteiger partial charge in [-0.05, 0) is 38.0 Å². The monoisotopic (exact) mass is 289 g/mol. The van der Waals surface area contributed by atoms with E-state index in [9.17, 15) is 0 Å². The summed E-state index contributed by atoms with van der Waals surface area (Å²) in [5, 5.41) is 0.758. The lowest BCUT2D eigenvalue weighted by atomic mass is 9.97. The van der Waals surface area contributed by atoms with Gasteiger partial charge in [0.1, 0.15) is 5.75 Å².